The third-order valence-electron chi connectivity index (χ3n) is 5.90. The quantitative estimate of drug-likeness (QED) is 0.620. The van der Waals surface area contributed by atoms with Crippen molar-refractivity contribution in [2.24, 2.45) is 0 Å². The van der Waals surface area contributed by atoms with Gasteiger partial charge in [0.25, 0.3) is 0 Å². The molecular formula is C21H23ClF4N4O. The molecule has 0 spiro atoms. The van der Waals surface area contributed by atoms with Gasteiger partial charge < -0.3 is 4.90 Å². The Kier molecular flexibility index (Phi) is 6.00. The summed E-state index contributed by atoms with van der Waals surface area (Å²) in [7, 11) is 0. The van der Waals surface area contributed by atoms with Crippen LogP contribution in [0.2, 0.25) is 5.02 Å². The Hall–Kier alpha value is -2.13. The molecule has 1 amide bonds. The molecule has 0 bridgehead atoms. The Morgan fingerprint density at radius 3 is 2.48 bits per heavy atom. The number of piperazine rings is 1. The minimum atomic E-state index is -4.54. The predicted octanol–water partition coefficient (Wildman–Crippen LogP) is 4.48. The second-order valence-electron chi connectivity index (χ2n) is 8.15. The number of carbonyl (C=O) groups is 1. The first-order valence-electron chi connectivity index (χ1n) is 10.3. The number of nitrogens with zero attached hydrogens (tertiary/aromatic N) is 4. The molecule has 0 radical (unpaired) electrons. The molecule has 31 heavy (non-hydrogen) atoms. The molecule has 1 saturated heterocycles. The molecule has 2 fully saturated rings. The second-order valence-corrected chi connectivity index (χ2v) is 8.56. The molecule has 1 unspecified atom stereocenters. The van der Waals surface area contributed by atoms with Crippen LogP contribution in [0.15, 0.2) is 24.3 Å². The van der Waals surface area contributed by atoms with Crippen LogP contribution in [-0.2, 0) is 17.5 Å². The van der Waals surface area contributed by atoms with Crippen molar-refractivity contribution in [1.29, 1.82) is 0 Å². The number of halogens is 5. The van der Waals surface area contributed by atoms with Crippen molar-refractivity contribution < 1.29 is 22.4 Å². The van der Waals surface area contributed by atoms with Crippen LogP contribution in [0, 0.1) is 5.82 Å². The summed E-state index contributed by atoms with van der Waals surface area (Å²) in [5, 5.41) is 4.09. The Bertz CT molecular complexity index is 945. The van der Waals surface area contributed by atoms with Crippen LogP contribution in [-0.4, -0.2) is 51.7 Å². The molecule has 4 rings (SSSR count). The van der Waals surface area contributed by atoms with Gasteiger partial charge in [-0.05, 0) is 38.0 Å². The molecule has 2 heterocycles. The van der Waals surface area contributed by atoms with E-state index in [1.165, 1.54) is 10.7 Å². The number of hydrogen-bond donors (Lipinski definition) is 0. The van der Waals surface area contributed by atoms with Crippen molar-refractivity contribution in [1.82, 2.24) is 19.6 Å². The van der Waals surface area contributed by atoms with Crippen molar-refractivity contribution in [3.8, 4) is 0 Å². The zero-order chi connectivity index (χ0) is 22.3. The smallest absolute Gasteiger partial charge is 0.338 e. The number of alkyl halides is 3. The third kappa shape index (κ3) is 4.72. The maximum atomic E-state index is 14.0. The summed E-state index contributed by atoms with van der Waals surface area (Å²) in [5.41, 5.74) is -0.0655. The van der Waals surface area contributed by atoms with E-state index in [0.29, 0.717) is 49.0 Å². The van der Waals surface area contributed by atoms with Gasteiger partial charge in [0.05, 0.1) is 0 Å². The van der Waals surface area contributed by atoms with Gasteiger partial charge in [0.2, 0.25) is 5.91 Å². The van der Waals surface area contributed by atoms with Crippen molar-refractivity contribution in [3.05, 3.63) is 52.1 Å². The highest BCUT2D eigenvalue weighted by atomic mass is 35.5. The molecule has 1 saturated carbocycles. The lowest BCUT2D eigenvalue weighted by atomic mass is 10.1. The average molecular weight is 459 g/mol. The second kappa shape index (κ2) is 8.43. The van der Waals surface area contributed by atoms with Crippen molar-refractivity contribution in [3.63, 3.8) is 0 Å². The zero-order valence-corrected chi connectivity index (χ0v) is 17.8. The van der Waals surface area contributed by atoms with E-state index in [9.17, 15) is 22.4 Å². The van der Waals surface area contributed by atoms with Crippen LogP contribution in [0.1, 0.15) is 48.7 Å². The Labute approximate surface area is 182 Å². The Balaban J connectivity index is 1.41. The summed E-state index contributed by atoms with van der Waals surface area (Å²) in [6.45, 7) is 3.77. The number of rotatable bonds is 5. The number of hydrogen-bond acceptors (Lipinski definition) is 3. The molecule has 168 valence electrons. The van der Waals surface area contributed by atoms with Crippen LogP contribution in [0.4, 0.5) is 17.6 Å². The minimum Gasteiger partial charge on any atom is -0.338 e. The van der Waals surface area contributed by atoms with E-state index in [1.54, 1.807) is 24.0 Å². The van der Waals surface area contributed by atoms with Crippen molar-refractivity contribution >= 4 is 17.5 Å². The van der Waals surface area contributed by atoms with Crippen molar-refractivity contribution in [2.75, 3.05) is 26.2 Å². The van der Waals surface area contributed by atoms with Gasteiger partial charge >= 0.3 is 6.18 Å². The van der Waals surface area contributed by atoms with Crippen LogP contribution >= 0.6 is 11.6 Å². The normalized spacial score (nSPS) is 19.0. The highest BCUT2D eigenvalue weighted by Crippen LogP contribution is 2.43. The first-order chi connectivity index (χ1) is 14.6. The van der Waals surface area contributed by atoms with E-state index >= 15 is 0 Å². The molecule has 2 aromatic rings. The summed E-state index contributed by atoms with van der Waals surface area (Å²) in [5.74, 6) is -0.602. The van der Waals surface area contributed by atoms with Gasteiger partial charge in [0.15, 0.2) is 5.69 Å². The molecule has 1 aromatic carbocycles. The van der Waals surface area contributed by atoms with Gasteiger partial charge in [-0.15, -0.1) is 0 Å². The van der Waals surface area contributed by atoms with Gasteiger partial charge in [-0.2, -0.15) is 18.3 Å². The largest absolute Gasteiger partial charge is 0.435 e. The van der Waals surface area contributed by atoms with Gasteiger partial charge in [0, 0.05) is 54.9 Å². The first-order valence-corrected chi connectivity index (χ1v) is 10.6. The monoisotopic (exact) mass is 458 g/mol. The first kappa shape index (κ1) is 22.1. The fourth-order valence-electron chi connectivity index (χ4n) is 3.94. The number of amides is 1. The molecular weight excluding hydrogens is 436 g/mol. The van der Waals surface area contributed by atoms with Gasteiger partial charge in [0.1, 0.15) is 11.9 Å². The molecule has 1 aliphatic carbocycles. The van der Waals surface area contributed by atoms with Crippen LogP contribution in [0.5, 0.6) is 0 Å². The zero-order valence-electron chi connectivity index (χ0n) is 17.0. The molecule has 1 aliphatic heterocycles. The molecule has 0 N–H and O–H groups in total. The number of aromatic nitrogens is 2. The predicted molar refractivity (Wildman–Crippen MR) is 107 cm³/mol. The minimum absolute atomic E-state index is 0.0289. The highest BCUT2D eigenvalue weighted by molar-refractivity contribution is 6.31. The molecule has 1 atom stereocenters. The summed E-state index contributed by atoms with van der Waals surface area (Å²) >= 11 is 6.10. The highest BCUT2D eigenvalue weighted by Gasteiger charge is 2.40. The molecule has 10 heteroatoms. The van der Waals surface area contributed by atoms with E-state index in [-0.39, 0.29) is 17.6 Å². The summed E-state index contributed by atoms with van der Waals surface area (Å²) in [4.78, 5) is 16.6. The standard InChI is InChI=1S/C21H23ClF4N4O/c1-13(30-18(14-5-6-14)11-19(27-30)21(24,25)26)20(31)29-9-7-28(8-10-29)12-15-16(22)3-2-4-17(15)23/h2-4,11,13-14H,5-10,12H2,1H3. The third-order valence-corrected chi connectivity index (χ3v) is 6.26. The van der Waals surface area contributed by atoms with E-state index in [1.807, 2.05) is 4.90 Å². The lowest BCUT2D eigenvalue weighted by Gasteiger charge is -2.36. The fourth-order valence-corrected chi connectivity index (χ4v) is 4.17. The molecule has 2 aliphatic rings. The average Bonchev–Trinajstić information content (AvgIpc) is 3.47. The fraction of sp³-hybridized carbons (Fsp3) is 0.524. The van der Waals surface area contributed by atoms with Crippen molar-refractivity contribution in [2.45, 2.75) is 44.4 Å². The maximum Gasteiger partial charge on any atom is 0.435 e. The topological polar surface area (TPSA) is 41.4 Å². The Morgan fingerprint density at radius 2 is 1.90 bits per heavy atom. The van der Waals surface area contributed by atoms with E-state index in [0.717, 1.165) is 18.9 Å². The maximum absolute atomic E-state index is 14.0. The SMILES string of the molecule is CC(C(=O)N1CCN(Cc2c(F)cccc2Cl)CC1)n1nc(C(F)(F)F)cc1C1CC1. The summed E-state index contributed by atoms with van der Waals surface area (Å²) in [6.07, 6.45) is -2.93. The lowest BCUT2D eigenvalue weighted by Crippen LogP contribution is -2.50. The molecule has 5 nitrogen and oxygen atoms in total. The Morgan fingerprint density at radius 1 is 1.23 bits per heavy atom. The lowest BCUT2D eigenvalue weighted by molar-refractivity contribution is -0.143. The van der Waals surface area contributed by atoms with Gasteiger partial charge in [-0.25, -0.2) is 4.39 Å². The van der Waals surface area contributed by atoms with E-state index < -0.39 is 17.9 Å². The molecule has 1 aromatic heterocycles. The van der Waals surface area contributed by atoms with E-state index in [4.69, 9.17) is 11.6 Å². The number of carbonyl (C=O) groups excluding carboxylic acids is 1. The van der Waals surface area contributed by atoms with Gasteiger partial charge in [-0.3, -0.25) is 14.4 Å². The van der Waals surface area contributed by atoms with Crippen LogP contribution < -0.4 is 0 Å². The summed E-state index contributed by atoms with van der Waals surface area (Å²) < 4.78 is 54.7. The number of benzene rings is 1. The van der Waals surface area contributed by atoms with Gasteiger partial charge in [-0.1, -0.05) is 17.7 Å². The van der Waals surface area contributed by atoms with E-state index in [2.05, 4.69) is 5.10 Å². The summed E-state index contributed by atoms with van der Waals surface area (Å²) in [6, 6.07) is 4.79. The van der Waals surface area contributed by atoms with Crippen LogP contribution in [0.25, 0.3) is 0 Å². The van der Waals surface area contributed by atoms with Crippen LogP contribution in [0.3, 0.4) is 0 Å².